The Morgan fingerprint density at radius 2 is 2.31 bits per heavy atom. The van der Waals surface area contributed by atoms with Gasteiger partial charge < -0.3 is 5.32 Å². The molecule has 0 fully saturated rings. The summed E-state index contributed by atoms with van der Waals surface area (Å²) in [4.78, 5) is 17.1. The number of nitrogens with zero attached hydrogens (tertiary/aromatic N) is 1. The third-order valence-electron chi connectivity index (χ3n) is 2.47. The van der Waals surface area contributed by atoms with Crippen molar-refractivity contribution in [1.82, 2.24) is 10.3 Å². The summed E-state index contributed by atoms with van der Waals surface area (Å²) in [6.07, 6.45) is 6.23. The normalized spacial score (nSPS) is 14.0. The fraction of sp³-hybridized carbons (Fsp3) is 0.455. The SMILES string of the molecule is C=CCNC(=O)Nc1nc2c(s1)CCCC2. The average molecular weight is 237 g/mol. The van der Waals surface area contributed by atoms with Gasteiger partial charge in [-0.15, -0.1) is 17.9 Å². The van der Waals surface area contributed by atoms with E-state index in [1.165, 1.54) is 17.7 Å². The topological polar surface area (TPSA) is 54.0 Å². The summed E-state index contributed by atoms with van der Waals surface area (Å²) in [5, 5.41) is 6.11. The van der Waals surface area contributed by atoms with Crippen LogP contribution in [0.25, 0.3) is 0 Å². The third kappa shape index (κ3) is 2.61. The van der Waals surface area contributed by atoms with E-state index in [1.54, 1.807) is 17.4 Å². The van der Waals surface area contributed by atoms with Crippen LogP contribution < -0.4 is 10.6 Å². The molecule has 1 heterocycles. The highest BCUT2D eigenvalue weighted by molar-refractivity contribution is 7.15. The van der Waals surface area contributed by atoms with Gasteiger partial charge in [0.15, 0.2) is 5.13 Å². The second-order valence-electron chi connectivity index (χ2n) is 3.72. The van der Waals surface area contributed by atoms with Crippen LogP contribution in [0, 0.1) is 0 Å². The molecule has 0 saturated heterocycles. The number of hydrogen-bond acceptors (Lipinski definition) is 3. The summed E-state index contributed by atoms with van der Waals surface area (Å²) >= 11 is 1.59. The molecule has 1 aromatic heterocycles. The molecule has 0 aromatic carbocycles. The number of aryl methyl sites for hydroxylation is 2. The van der Waals surface area contributed by atoms with Crippen molar-refractivity contribution in [2.45, 2.75) is 25.7 Å². The largest absolute Gasteiger partial charge is 0.334 e. The van der Waals surface area contributed by atoms with Crippen molar-refractivity contribution in [3.8, 4) is 0 Å². The lowest BCUT2D eigenvalue weighted by molar-refractivity contribution is 0.253. The summed E-state index contributed by atoms with van der Waals surface area (Å²) in [6, 6.07) is -0.217. The Morgan fingerprint density at radius 3 is 3.06 bits per heavy atom. The summed E-state index contributed by atoms with van der Waals surface area (Å²) in [7, 11) is 0. The molecule has 0 atom stereocenters. The fourth-order valence-corrected chi connectivity index (χ4v) is 2.76. The maximum Gasteiger partial charge on any atom is 0.321 e. The quantitative estimate of drug-likeness (QED) is 0.793. The molecule has 1 aliphatic rings. The average Bonchev–Trinajstić information content (AvgIpc) is 2.68. The Kier molecular flexibility index (Phi) is 3.56. The number of rotatable bonds is 3. The standard InChI is InChI=1S/C11H15N3OS/c1-2-7-12-10(15)14-11-13-8-5-3-4-6-9(8)16-11/h2H,1,3-7H2,(H2,12,13,14,15). The minimum Gasteiger partial charge on any atom is -0.334 e. The lowest BCUT2D eigenvalue weighted by atomic mass is 10.0. The number of hydrogen-bond donors (Lipinski definition) is 2. The van der Waals surface area contributed by atoms with Gasteiger partial charge in [-0.05, 0) is 25.7 Å². The van der Waals surface area contributed by atoms with Crippen LogP contribution in [0.1, 0.15) is 23.4 Å². The van der Waals surface area contributed by atoms with Crippen LogP contribution in [0.5, 0.6) is 0 Å². The van der Waals surface area contributed by atoms with Crippen molar-refractivity contribution in [2.24, 2.45) is 0 Å². The van der Waals surface area contributed by atoms with Crippen LogP contribution in [-0.2, 0) is 12.8 Å². The van der Waals surface area contributed by atoms with E-state index < -0.39 is 0 Å². The molecular formula is C11H15N3OS. The van der Waals surface area contributed by atoms with Gasteiger partial charge in [0.2, 0.25) is 0 Å². The molecule has 2 N–H and O–H groups in total. The second kappa shape index (κ2) is 5.12. The number of thiazole rings is 1. The van der Waals surface area contributed by atoms with Gasteiger partial charge in [0, 0.05) is 11.4 Å². The van der Waals surface area contributed by atoms with Crippen molar-refractivity contribution in [3.05, 3.63) is 23.2 Å². The molecule has 2 amide bonds. The van der Waals surface area contributed by atoms with E-state index >= 15 is 0 Å². The minimum absolute atomic E-state index is 0.217. The Morgan fingerprint density at radius 1 is 1.50 bits per heavy atom. The number of carbonyl (C=O) groups excluding carboxylic acids is 1. The Bertz CT molecular complexity index is 376. The smallest absolute Gasteiger partial charge is 0.321 e. The maximum atomic E-state index is 11.4. The van der Waals surface area contributed by atoms with Gasteiger partial charge in [-0.3, -0.25) is 5.32 Å². The van der Waals surface area contributed by atoms with Crippen molar-refractivity contribution >= 4 is 22.5 Å². The number of amides is 2. The Labute approximate surface area is 98.8 Å². The fourth-order valence-electron chi connectivity index (χ4n) is 1.71. The lowest BCUT2D eigenvalue weighted by Crippen LogP contribution is -2.28. The summed E-state index contributed by atoms with van der Waals surface area (Å²) in [5.41, 5.74) is 1.16. The Hall–Kier alpha value is -1.36. The number of fused-ring (bicyclic) bond motifs is 1. The van der Waals surface area contributed by atoms with Crippen LogP contribution >= 0.6 is 11.3 Å². The minimum atomic E-state index is -0.217. The van der Waals surface area contributed by atoms with E-state index in [0.717, 1.165) is 18.5 Å². The molecule has 0 aliphatic heterocycles. The molecule has 16 heavy (non-hydrogen) atoms. The zero-order valence-corrected chi connectivity index (χ0v) is 9.90. The highest BCUT2D eigenvalue weighted by Crippen LogP contribution is 2.29. The molecule has 4 nitrogen and oxygen atoms in total. The molecular weight excluding hydrogens is 222 g/mol. The first-order valence-corrected chi connectivity index (χ1v) is 6.25. The number of aromatic nitrogens is 1. The molecule has 0 spiro atoms. The first kappa shape index (κ1) is 11.1. The summed E-state index contributed by atoms with van der Waals surface area (Å²) in [6.45, 7) is 4.01. The predicted molar refractivity (Wildman–Crippen MR) is 66.0 cm³/mol. The first-order chi connectivity index (χ1) is 7.79. The van der Waals surface area contributed by atoms with Gasteiger partial charge in [-0.1, -0.05) is 6.08 Å². The molecule has 5 heteroatoms. The molecule has 0 unspecified atom stereocenters. The van der Waals surface area contributed by atoms with E-state index in [0.29, 0.717) is 11.7 Å². The van der Waals surface area contributed by atoms with Crippen LogP contribution in [0.2, 0.25) is 0 Å². The predicted octanol–water partition coefficient (Wildman–Crippen LogP) is 2.33. The molecule has 0 radical (unpaired) electrons. The van der Waals surface area contributed by atoms with Gasteiger partial charge >= 0.3 is 6.03 Å². The maximum absolute atomic E-state index is 11.4. The molecule has 1 aliphatic carbocycles. The van der Waals surface area contributed by atoms with Gasteiger partial charge in [-0.25, -0.2) is 9.78 Å². The number of urea groups is 1. The first-order valence-electron chi connectivity index (χ1n) is 5.44. The number of anilines is 1. The van der Waals surface area contributed by atoms with Crippen LogP contribution in [0.3, 0.4) is 0 Å². The van der Waals surface area contributed by atoms with Gasteiger partial charge in [-0.2, -0.15) is 0 Å². The van der Waals surface area contributed by atoms with Crippen molar-refractivity contribution in [2.75, 3.05) is 11.9 Å². The zero-order chi connectivity index (χ0) is 11.4. The van der Waals surface area contributed by atoms with Gasteiger partial charge in [0.05, 0.1) is 5.69 Å². The monoisotopic (exact) mass is 237 g/mol. The summed E-state index contributed by atoms with van der Waals surface area (Å²) in [5.74, 6) is 0. The molecule has 0 saturated carbocycles. The van der Waals surface area contributed by atoms with E-state index in [2.05, 4.69) is 22.2 Å². The van der Waals surface area contributed by atoms with Gasteiger partial charge in [0.1, 0.15) is 0 Å². The van der Waals surface area contributed by atoms with E-state index in [1.807, 2.05) is 0 Å². The Balaban J connectivity index is 1.96. The van der Waals surface area contributed by atoms with Gasteiger partial charge in [0.25, 0.3) is 0 Å². The van der Waals surface area contributed by atoms with Crippen molar-refractivity contribution < 1.29 is 4.79 Å². The molecule has 2 rings (SSSR count). The lowest BCUT2D eigenvalue weighted by Gasteiger charge is -2.06. The third-order valence-corrected chi connectivity index (χ3v) is 3.55. The van der Waals surface area contributed by atoms with Crippen LogP contribution in [-0.4, -0.2) is 17.6 Å². The van der Waals surface area contributed by atoms with E-state index in [-0.39, 0.29) is 6.03 Å². The highest BCUT2D eigenvalue weighted by atomic mass is 32.1. The van der Waals surface area contributed by atoms with Crippen LogP contribution in [0.4, 0.5) is 9.93 Å². The highest BCUT2D eigenvalue weighted by Gasteiger charge is 2.15. The number of carbonyl (C=O) groups is 1. The van der Waals surface area contributed by atoms with Crippen molar-refractivity contribution in [3.63, 3.8) is 0 Å². The van der Waals surface area contributed by atoms with E-state index in [4.69, 9.17) is 0 Å². The number of nitrogens with one attached hydrogen (secondary N) is 2. The molecule has 0 bridgehead atoms. The summed E-state index contributed by atoms with van der Waals surface area (Å²) < 4.78 is 0. The zero-order valence-electron chi connectivity index (χ0n) is 9.08. The molecule has 86 valence electrons. The van der Waals surface area contributed by atoms with Crippen LogP contribution in [0.15, 0.2) is 12.7 Å². The van der Waals surface area contributed by atoms with Crippen molar-refractivity contribution in [1.29, 1.82) is 0 Å². The van der Waals surface area contributed by atoms with E-state index in [9.17, 15) is 4.79 Å². The second-order valence-corrected chi connectivity index (χ2v) is 4.80. The molecule has 1 aromatic rings.